The van der Waals surface area contributed by atoms with E-state index in [0.29, 0.717) is 6.42 Å². The molecule has 8 heteroatoms. The van der Waals surface area contributed by atoms with Crippen LogP contribution in [0.15, 0.2) is 29.2 Å². The van der Waals surface area contributed by atoms with Gasteiger partial charge in [0.1, 0.15) is 4.90 Å². The van der Waals surface area contributed by atoms with Crippen molar-refractivity contribution in [2.75, 3.05) is 23.8 Å². The number of para-hydroxylation sites is 1. The summed E-state index contributed by atoms with van der Waals surface area (Å²) < 4.78 is 49.1. The Morgan fingerprint density at radius 1 is 1.32 bits per heavy atom. The van der Waals surface area contributed by atoms with Gasteiger partial charge in [0.05, 0.1) is 17.2 Å². The van der Waals surface area contributed by atoms with Crippen molar-refractivity contribution >= 4 is 25.5 Å². The first-order chi connectivity index (χ1) is 8.80. The van der Waals surface area contributed by atoms with Crippen LogP contribution in [-0.4, -0.2) is 34.9 Å². The lowest BCUT2D eigenvalue weighted by Gasteiger charge is -2.11. The van der Waals surface area contributed by atoms with Gasteiger partial charge in [-0.05, 0) is 24.5 Å². The molecule has 0 aliphatic carbocycles. The monoisotopic (exact) mass is 304 g/mol. The predicted molar refractivity (Wildman–Crippen MR) is 72.8 cm³/mol. The molecule has 106 valence electrons. The lowest BCUT2D eigenvalue weighted by Crippen LogP contribution is -2.30. The quantitative estimate of drug-likeness (QED) is 0.760. The third-order valence-corrected chi connectivity index (χ3v) is 6.43. The molecule has 1 unspecified atom stereocenters. The number of hydrogen-bond acceptors (Lipinski definition) is 5. The Morgan fingerprint density at radius 3 is 2.58 bits per heavy atom. The van der Waals surface area contributed by atoms with Crippen LogP contribution in [0.2, 0.25) is 0 Å². The Kier molecular flexibility index (Phi) is 3.84. The molecule has 6 nitrogen and oxygen atoms in total. The molecule has 0 bridgehead atoms. The molecule has 1 saturated heterocycles. The minimum atomic E-state index is -3.69. The molecule has 1 heterocycles. The summed E-state index contributed by atoms with van der Waals surface area (Å²) >= 11 is 0. The van der Waals surface area contributed by atoms with E-state index in [1.807, 2.05) is 0 Å². The van der Waals surface area contributed by atoms with E-state index in [4.69, 9.17) is 5.73 Å². The Bertz CT molecular complexity index is 668. The normalized spacial score (nSPS) is 22.4. The highest BCUT2D eigenvalue weighted by Gasteiger charge is 2.29. The van der Waals surface area contributed by atoms with E-state index in [2.05, 4.69) is 4.72 Å². The second-order valence-corrected chi connectivity index (χ2v) is 8.62. The Balaban J connectivity index is 2.05. The fourth-order valence-electron chi connectivity index (χ4n) is 2.06. The van der Waals surface area contributed by atoms with Crippen molar-refractivity contribution in [3.63, 3.8) is 0 Å². The van der Waals surface area contributed by atoms with Crippen molar-refractivity contribution in [1.29, 1.82) is 0 Å². The maximum atomic E-state index is 12.0. The van der Waals surface area contributed by atoms with Gasteiger partial charge in [-0.2, -0.15) is 0 Å². The topological polar surface area (TPSA) is 106 Å². The van der Waals surface area contributed by atoms with Crippen LogP contribution in [0.4, 0.5) is 5.69 Å². The Hall–Kier alpha value is -1.12. The van der Waals surface area contributed by atoms with Gasteiger partial charge >= 0.3 is 0 Å². The zero-order chi connectivity index (χ0) is 14.1. The van der Waals surface area contributed by atoms with Gasteiger partial charge in [-0.1, -0.05) is 12.1 Å². The molecular weight excluding hydrogens is 288 g/mol. The number of nitrogens with two attached hydrogens (primary N) is 1. The fourth-order valence-corrected chi connectivity index (χ4v) is 5.17. The van der Waals surface area contributed by atoms with Crippen LogP contribution in [0.3, 0.4) is 0 Å². The molecule has 3 N–H and O–H groups in total. The van der Waals surface area contributed by atoms with Crippen molar-refractivity contribution in [2.24, 2.45) is 5.92 Å². The number of anilines is 1. The maximum absolute atomic E-state index is 12.0. The highest BCUT2D eigenvalue weighted by atomic mass is 32.2. The number of sulfone groups is 1. The molecule has 2 rings (SSSR count). The first kappa shape index (κ1) is 14.3. The summed E-state index contributed by atoms with van der Waals surface area (Å²) in [7, 11) is -6.68. The fraction of sp³-hybridized carbons (Fsp3) is 0.455. The summed E-state index contributed by atoms with van der Waals surface area (Å²) in [5.41, 5.74) is 5.79. The van der Waals surface area contributed by atoms with Crippen molar-refractivity contribution < 1.29 is 16.8 Å². The molecule has 0 aromatic heterocycles. The lowest BCUT2D eigenvalue weighted by atomic mass is 10.1. The summed E-state index contributed by atoms with van der Waals surface area (Å²) in [6, 6.07) is 6.17. The van der Waals surface area contributed by atoms with Gasteiger partial charge in [0, 0.05) is 6.54 Å². The van der Waals surface area contributed by atoms with Crippen LogP contribution >= 0.6 is 0 Å². The Morgan fingerprint density at radius 2 is 2.00 bits per heavy atom. The molecule has 0 spiro atoms. The Labute approximate surface area is 113 Å². The number of sulfonamides is 1. The van der Waals surface area contributed by atoms with E-state index in [1.54, 1.807) is 12.1 Å². The second-order valence-electron chi connectivity index (χ2n) is 4.66. The molecule has 1 fully saturated rings. The summed E-state index contributed by atoms with van der Waals surface area (Å²) in [5, 5.41) is 0. The zero-order valence-electron chi connectivity index (χ0n) is 10.2. The standard InChI is InChI=1S/C11H16N2O4S2/c12-10-3-1-2-4-11(10)19(16,17)13-7-9-5-6-18(14,15)8-9/h1-4,9,13H,5-8,12H2. The van der Waals surface area contributed by atoms with E-state index in [-0.39, 0.29) is 34.6 Å². The summed E-state index contributed by atoms with van der Waals surface area (Å²) in [5.74, 6) is 0.0110. The van der Waals surface area contributed by atoms with Gasteiger partial charge in [-0.25, -0.2) is 21.6 Å². The van der Waals surface area contributed by atoms with Crippen LogP contribution in [0.25, 0.3) is 0 Å². The van der Waals surface area contributed by atoms with Gasteiger partial charge in [0.15, 0.2) is 9.84 Å². The second kappa shape index (κ2) is 5.10. The maximum Gasteiger partial charge on any atom is 0.242 e. The number of hydrogen-bond donors (Lipinski definition) is 2. The van der Waals surface area contributed by atoms with Crippen LogP contribution in [0.5, 0.6) is 0 Å². The molecule has 0 radical (unpaired) electrons. The van der Waals surface area contributed by atoms with E-state index in [9.17, 15) is 16.8 Å². The minimum Gasteiger partial charge on any atom is -0.398 e. The van der Waals surface area contributed by atoms with Crippen molar-refractivity contribution in [3.05, 3.63) is 24.3 Å². The smallest absolute Gasteiger partial charge is 0.242 e. The third kappa shape index (κ3) is 3.46. The van der Waals surface area contributed by atoms with Crippen molar-refractivity contribution in [1.82, 2.24) is 4.72 Å². The van der Waals surface area contributed by atoms with Gasteiger partial charge < -0.3 is 5.73 Å². The van der Waals surface area contributed by atoms with Gasteiger partial charge in [-0.15, -0.1) is 0 Å². The molecule has 1 aromatic carbocycles. The van der Waals surface area contributed by atoms with E-state index >= 15 is 0 Å². The van der Waals surface area contributed by atoms with Crippen molar-refractivity contribution in [2.45, 2.75) is 11.3 Å². The molecule has 1 aliphatic rings. The largest absolute Gasteiger partial charge is 0.398 e. The minimum absolute atomic E-state index is 0.0239. The number of benzene rings is 1. The van der Waals surface area contributed by atoms with Crippen molar-refractivity contribution in [3.8, 4) is 0 Å². The number of rotatable bonds is 4. The third-order valence-electron chi connectivity index (χ3n) is 3.10. The molecule has 1 aromatic rings. The highest BCUT2D eigenvalue weighted by molar-refractivity contribution is 7.91. The predicted octanol–water partition coefficient (Wildman–Crippen LogP) is -0.0182. The van der Waals surface area contributed by atoms with E-state index in [0.717, 1.165) is 0 Å². The first-order valence-corrected chi connectivity index (χ1v) is 9.15. The SMILES string of the molecule is Nc1ccccc1S(=O)(=O)NCC1CCS(=O)(=O)C1. The molecule has 0 saturated carbocycles. The zero-order valence-corrected chi connectivity index (χ0v) is 11.9. The molecule has 1 aliphatic heterocycles. The average Bonchev–Trinajstić information content (AvgIpc) is 2.67. The first-order valence-electron chi connectivity index (χ1n) is 5.85. The highest BCUT2D eigenvalue weighted by Crippen LogP contribution is 2.20. The van der Waals surface area contributed by atoms with E-state index in [1.165, 1.54) is 12.1 Å². The summed E-state index contributed by atoms with van der Waals surface area (Å²) in [6.07, 6.45) is 0.495. The molecule has 19 heavy (non-hydrogen) atoms. The number of nitrogen functional groups attached to an aromatic ring is 1. The molecular formula is C11H16N2O4S2. The van der Waals surface area contributed by atoms with Gasteiger partial charge in [-0.3, -0.25) is 0 Å². The summed E-state index contributed by atoms with van der Waals surface area (Å²) in [6.45, 7) is 0.121. The average molecular weight is 304 g/mol. The van der Waals surface area contributed by atoms with Gasteiger partial charge in [0.25, 0.3) is 0 Å². The molecule has 0 amide bonds. The van der Waals surface area contributed by atoms with Crippen LogP contribution in [-0.2, 0) is 19.9 Å². The van der Waals surface area contributed by atoms with Crippen LogP contribution in [0.1, 0.15) is 6.42 Å². The summed E-state index contributed by atoms with van der Waals surface area (Å²) in [4.78, 5) is 0.0239. The number of nitrogens with one attached hydrogen (secondary N) is 1. The molecule has 1 atom stereocenters. The lowest BCUT2D eigenvalue weighted by molar-refractivity contribution is 0.543. The van der Waals surface area contributed by atoms with Gasteiger partial charge in [0.2, 0.25) is 10.0 Å². The van der Waals surface area contributed by atoms with Crippen LogP contribution in [0, 0.1) is 5.92 Å². The van der Waals surface area contributed by atoms with Crippen LogP contribution < -0.4 is 10.5 Å². The van der Waals surface area contributed by atoms with E-state index < -0.39 is 19.9 Å².